The van der Waals surface area contributed by atoms with Gasteiger partial charge in [0.05, 0.1) is 11.4 Å². The lowest BCUT2D eigenvalue weighted by Gasteiger charge is -2.22. The third-order valence-corrected chi connectivity index (χ3v) is 5.87. The molecule has 0 aliphatic rings. The van der Waals surface area contributed by atoms with Crippen LogP contribution in [0.15, 0.2) is 65.5 Å². The number of hydrogen-bond donors (Lipinski definition) is 2. The number of carbonyl (C=O) groups is 3. The number of benzene rings is 2. The van der Waals surface area contributed by atoms with Gasteiger partial charge in [0.25, 0.3) is 11.5 Å². The SMILES string of the molecule is Cc1c(NC(=O)[C@@H](C)OC(=O)[C@@H](NC(=O)OCc2ccccc2)C(C)C)c(=O)n(-c2ccccc2)n1C. The average Bonchev–Trinajstić information content (AvgIpc) is 3.09. The molecule has 0 aliphatic heterocycles. The molecule has 2 aromatic carbocycles. The van der Waals surface area contributed by atoms with E-state index in [-0.39, 0.29) is 18.2 Å². The number of rotatable bonds is 9. The number of esters is 1. The van der Waals surface area contributed by atoms with Gasteiger partial charge >= 0.3 is 12.1 Å². The molecule has 0 bridgehead atoms. The van der Waals surface area contributed by atoms with E-state index in [1.54, 1.807) is 56.8 Å². The maximum atomic E-state index is 13.0. The molecule has 0 saturated carbocycles. The first-order valence-electron chi connectivity index (χ1n) is 11.9. The quantitative estimate of drug-likeness (QED) is 0.428. The Morgan fingerprint density at radius 2 is 1.54 bits per heavy atom. The van der Waals surface area contributed by atoms with Crippen LogP contribution in [0.25, 0.3) is 5.69 Å². The summed E-state index contributed by atoms with van der Waals surface area (Å²) in [5.41, 5.74) is 1.64. The Hall–Kier alpha value is -4.34. The number of alkyl carbamates (subject to hydrolysis) is 1. The molecular formula is C27H32N4O6. The Labute approximate surface area is 215 Å². The lowest BCUT2D eigenvalue weighted by atomic mass is 10.1. The predicted molar refractivity (Wildman–Crippen MR) is 138 cm³/mol. The highest BCUT2D eigenvalue weighted by Gasteiger charge is 2.30. The van der Waals surface area contributed by atoms with Gasteiger partial charge in [-0.05, 0) is 37.5 Å². The average molecular weight is 509 g/mol. The van der Waals surface area contributed by atoms with E-state index in [4.69, 9.17) is 9.47 Å². The predicted octanol–water partition coefficient (Wildman–Crippen LogP) is 3.31. The van der Waals surface area contributed by atoms with Gasteiger partial charge < -0.3 is 20.1 Å². The molecule has 1 aromatic heterocycles. The second kappa shape index (κ2) is 12.1. The van der Waals surface area contributed by atoms with Crippen molar-refractivity contribution in [3.8, 4) is 5.69 Å². The van der Waals surface area contributed by atoms with Gasteiger partial charge in [0.2, 0.25) is 0 Å². The van der Waals surface area contributed by atoms with Crippen LogP contribution < -0.4 is 16.2 Å². The summed E-state index contributed by atoms with van der Waals surface area (Å²) in [5, 5.41) is 5.08. The Balaban J connectivity index is 1.63. The van der Waals surface area contributed by atoms with E-state index >= 15 is 0 Å². The zero-order chi connectivity index (χ0) is 27.1. The Bertz CT molecular complexity index is 1300. The van der Waals surface area contributed by atoms with E-state index in [1.165, 1.54) is 11.6 Å². The summed E-state index contributed by atoms with van der Waals surface area (Å²) in [5.74, 6) is -1.80. The van der Waals surface area contributed by atoms with Crippen molar-refractivity contribution < 1.29 is 23.9 Å². The summed E-state index contributed by atoms with van der Waals surface area (Å²) in [6.07, 6.45) is -2.00. The van der Waals surface area contributed by atoms with E-state index in [9.17, 15) is 19.2 Å². The molecule has 2 N–H and O–H groups in total. The third kappa shape index (κ3) is 6.66. The first kappa shape index (κ1) is 27.3. The van der Waals surface area contributed by atoms with Crippen molar-refractivity contribution in [2.24, 2.45) is 13.0 Å². The fraction of sp³-hybridized carbons (Fsp3) is 0.333. The molecule has 0 unspecified atom stereocenters. The van der Waals surface area contributed by atoms with E-state index in [0.717, 1.165) is 5.56 Å². The summed E-state index contributed by atoms with van der Waals surface area (Å²) >= 11 is 0. The highest BCUT2D eigenvalue weighted by molar-refractivity contribution is 5.96. The minimum absolute atomic E-state index is 0.0439. The molecule has 0 saturated heterocycles. The molecule has 196 valence electrons. The van der Waals surface area contributed by atoms with Crippen molar-refractivity contribution in [1.29, 1.82) is 0 Å². The van der Waals surface area contributed by atoms with Gasteiger partial charge in [-0.2, -0.15) is 0 Å². The number of nitrogens with zero attached hydrogens (tertiary/aromatic N) is 2. The summed E-state index contributed by atoms with van der Waals surface area (Å²) in [6, 6.07) is 17.1. The van der Waals surface area contributed by atoms with Gasteiger partial charge in [0.15, 0.2) is 6.10 Å². The zero-order valence-corrected chi connectivity index (χ0v) is 21.6. The van der Waals surface area contributed by atoms with Crippen molar-refractivity contribution in [2.45, 2.75) is 46.4 Å². The largest absolute Gasteiger partial charge is 0.451 e. The lowest BCUT2D eigenvalue weighted by molar-refractivity contribution is -0.156. The van der Waals surface area contributed by atoms with Crippen LogP contribution in [0, 0.1) is 12.8 Å². The molecular weight excluding hydrogens is 476 g/mol. The second-order valence-electron chi connectivity index (χ2n) is 8.93. The molecule has 37 heavy (non-hydrogen) atoms. The van der Waals surface area contributed by atoms with Crippen LogP contribution in [0.5, 0.6) is 0 Å². The number of aromatic nitrogens is 2. The number of carbonyl (C=O) groups excluding carboxylic acids is 3. The fourth-order valence-corrected chi connectivity index (χ4v) is 3.63. The van der Waals surface area contributed by atoms with Gasteiger partial charge in [-0.3, -0.25) is 14.3 Å². The van der Waals surface area contributed by atoms with Crippen LogP contribution in [-0.4, -0.2) is 39.5 Å². The van der Waals surface area contributed by atoms with Crippen molar-refractivity contribution in [3.05, 3.63) is 82.3 Å². The van der Waals surface area contributed by atoms with Crippen LogP contribution >= 0.6 is 0 Å². The standard InChI is InChI=1S/C27H32N4O6/c1-17(2)22(29-27(35)36-16-20-12-8-6-9-13-20)26(34)37-19(4)24(32)28-23-18(3)30(5)31(25(23)33)21-14-10-7-11-15-21/h6-15,17,19,22H,16H2,1-5H3,(H,28,32)(H,29,35)/t19-,22+/m1/s1. The molecule has 0 fully saturated rings. The molecule has 3 rings (SSSR count). The van der Waals surface area contributed by atoms with Gasteiger partial charge in [-0.1, -0.05) is 62.4 Å². The van der Waals surface area contributed by atoms with E-state index < -0.39 is 35.7 Å². The van der Waals surface area contributed by atoms with Gasteiger partial charge in [0, 0.05) is 7.05 Å². The number of amides is 2. The smallest absolute Gasteiger partial charge is 0.408 e. The number of nitrogens with one attached hydrogen (secondary N) is 2. The fourth-order valence-electron chi connectivity index (χ4n) is 3.63. The van der Waals surface area contributed by atoms with E-state index in [0.29, 0.717) is 11.4 Å². The second-order valence-corrected chi connectivity index (χ2v) is 8.93. The first-order valence-corrected chi connectivity index (χ1v) is 11.9. The monoisotopic (exact) mass is 508 g/mol. The number of ether oxygens (including phenoxy) is 2. The van der Waals surface area contributed by atoms with Crippen molar-refractivity contribution in [1.82, 2.24) is 14.7 Å². The normalized spacial score (nSPS) is 12.5. The third-order valence-electron chi connectivity index (χ3n) is 5.87. The van der Waals surface area contributed by atoms with Crippen molar-refractivity contribution in [2.75, 3.05) is 5.32 Å². The molecule has 10 nitrogen and oxygen atoms in total. The lowest BCUT2D eigenvalue weighted by Crippen LogP contribution is -2.47. The number of para-hydroxylation sites is 1. The molecule has 0 aliphatic carbocycles. The summed E-state index contributed by atoms with van der Waals surface area (Å²) in [4.78, 5) is 50.9. The molecule has 0 spiro atoms. The molecule has 2 amide bonds. The van der Waals surface area contributed by atoms with Crippen LogP contribution in [0.2, 0.25) is 0 Å². The van der Waals surface area contributed by atoms with Crippen molar-refractivity contribution >= 4 is 23.7 Å². The van der Waals surface area contributed by atoms with Crippen LogP contribution in [-0.2, 0) is 32.7 Å². The molecule has 0 radical (unpaired) electrons. The van der Waals surface area contributed by atoms with Crippen LogP contribution in [0.4, 0.5) is 10.5 Å². The zero-order valence-electron chi connectivity index (χ0n) is 21.6. The maximum absolute atomic E-state index is 13.0. The molecule has 3 aromatic rings. The summed E-state index contributed by atoms with van der Waals surface area (Å²) in [6.45, 7) is 6.60. The highest BCUT2D eigenvalue weighted by atomic mass is 16.6. The Morgan fingerprint density at radius 3 is 2.14 bits per heavy atom. The topological polar surface area (TPSA) is 121 Å². The first-order chi connectivity index (χ1) is 17.6. The number of hydrogen-bond acceptors (Lipinski definition) is 6. The Morgan fingerprint density at radius 1 is 0.946 bits per heavy atom. The molecule has 2 atom stereocenters. The van der Waals surface area contributed by atoms with Crippen LogP contribution in [0.3, 0.4) is 0 Å². The summed E-state index contributed by atoms with van der Waals surface area (Å²) < 4.78 is 13.6. The minimum Gasteiger partial charge on any atom is -0.451 e. The van der Waals surface area contributed by atoms with Crippen LogP contribution in [0.1, 0.15) is 32.0 Å². The van der Waals surface area contributed by atoms with E-state index in [1.807, 2.05) is 36.4 Å². The van der Waals surface area contributed by atoms with Gasteiger partial charge in [-0.25, -0.2) is 14.3 Å². The number of anilines is 1. The maximum Gasteiger partial charge on any atom is 0.408 e. The summed E-state index contributed by atoms with van der Waals surface area (Å²) in [7, 11) is 1.71. The Kier molecular flexibility index (Phi) is 8.89. The minimum atomic E-state index is -1.22. The molecule has 1 heterocycles. The highest BCUT2D eigenvalue weighted by Crippen LogP contribution is 2.15. The van der Waals surface area contributed by atoms with Gasteiger partial charge in [0.1, 0.15) is 18.3 Å². The van der Waals surface area contributed by atoms with E-state index in [2.05, 4.69) is 10.6 Å². The van der Waals surface area contributed by atoms with Gasteiger partial charge in [-0.15, -0.1) is 0 Å². The molecule has 10 heteroatoms. The van der Waals surface area contributed by atoms with Crippen molar-refractivity contribution in [3.63, 3.8) is 0 Å².